The van der Waals surface area contributed by atoms with Crippen LogP contribution in [-0.2, 0) is 4.79 Å². The van der Waals surface area contributed by atoms with E-state index in [2.05, 4.69) is 5.32 Å². The maximum Gasteiger partial charge on any atom is 0.239 e. The first kappa shape index (κ1) is 17.8. The number of ether oxygens (including phenoxy) is 1. The van der Waals surface area contributed by atoms with Crippen LogP contribution in [0.2, 0.25) is 0 Å². The summed E-state index contributed by atoms with van der Waals surface area (Å²) in [6, 6.07) is 7.96. The molecule has 1 fully saturated rings. The van der Waals surface area contributed by atoms with E-state index in [4.69, 9.17) is 4.74 Å². The summed E-state index contributed by atoms with van der Waals surface area (Å²) in [6.45, 7) is 4.13. The standard InChI is InChI=1S/C16H24N2O2.ClH/c1-13-6-5-7-14(12-13)20-11-10-18(2)16(19)15-8-3-4-9-17-15;/h5-7,12,15,17H,3-4,8-11H2,1-2H3;1H. The third kappa shape index (κ3) is 5.56. The lowest BCUT2D eigenvalue weighted by molar-refractivity contribution is -0.133. The zero-order valence-corrected chi connectivity index (χ0v) is 13.6. The van der Waals surface area contributed by atoms with Crippen molar-refractivity contribution in [2.24, 2.45) is 0 Å². The highest BCUT2D eigenvalue weighted by atomic mass is 35.5. The van der Waals surface area contributed by atoms with E-state index in [0.29, 0.717) is 13.2 Å². The minimum absolute atomic E-state index is 0. The van der Waals surface area contributed by atoms with Crippen LogP contribution in [-0.4, -0.2) is 43.6 Å². The number of carbonyl (C=O) groups excluding carboxylic acids is 1. The van der Waals surface area contributed by atoms with Crippen LogP contribution in [0.1, 0.15) is 24.8 Å². The second kappa shape index (κ2) is 8.90. The zero-order chi connectivity index (χ0) is 14.4. The van der Waals surface area contributed by atoms with Crippen molar-refractivity contribution >= 4 is 18.3 Å². The highest BCUT2D eigenvalue weighted by Crippen LogP contribution is 2.12. The van der Waals surface area contributed by atoms with Gasteiger partial charge in [0.05, 0.1) is 12.6 Å². The molecule has 1 saturated heterocycles. The van der Waals surface area contributed by atoms with Crippen LogP contribution in [0.3, 0.4) is 0 Å². The van der Waals surface area contributed by atoms with Crippen LogP contribution in [0.15, 0.2) is 24.3 Å². The molecule has 118 valence electrons. The quantitative estimate of drug-likeness (QED) is 0.908. The van der Waals surface area contributed by atoms with Gasteiger partial charge in [-0.3, -0.25) is 4.79 Å². The summed E-state index contributed by atoms with van der Waals surface area (Å²) >= 11 is 0. The van der Waals surface area contributed by atoms with E-state index in [0.717, 1.165) is 25.1 Å². The first-order chi connectivity index (χ1) is 9.66. The minimum atomic E-state index is -0.00674. The number of benzene rings is 1. The Balaban J connectivity index is 0.00000220. The van der Waals surface area contributed by atoms with Crippen molar-refractivity contribution in [1.29, 1.82) is 0 Å². The van der Waals surface area contributed by atoms with Gasteiger partial charge in [-0.2, -0.15) is 0 Å². The fourth-order valence-electron chi connectivity index (χ4n) is 2.44. The number of rotatable bonds is 5. The maximum atomic E-state index is 12.2. The number of nitrogens with zero attached hydrogens (tertiary/aromatic N) is 1. The molecule has 0 spiro atoms. The molecule has 1 aromatic carbocycles. The van der Waals surface area contributed by atoms with Crippen LogP contribution in [0.25, 0.3) is 0 Å². The van der Waals surface area contributed by atoms with Gasteiger partial charge in [0, 0.05) is 7.05 Å². The van der Waals surface area contributed by atoms with E-state index in [-0.39, 0.29) is 24.4 Å². The Morgan fingerprint density at radius 2 is 2.24 bits per heavy atom. The lowest BCUT2D eigenvalue weighted by Gasteiger charge is -2.27. The molecular formula is C16H25ClN2O2. The summed E-state index contributed by atoms with van der Waals surface area (Å²) in [4.78, 5) is 14.0. The van der Waals surface area contributed by atoms with Gasteiger partial charge in [-0.25, -0.2) is 0 Å². The summed E-state index contributed by atoms with van der Waals surface area (Å²) in [6.07, 6.45) is 3.25. The van der Waals surface area contributed by atoms with Crippen molar-refractivity contribution in [2.75, 3.05) is 26.7 Å². The monoisotopic (exact) mass is 312 g/mol. The van der Waals surface area contributed by atoms with Gasteiger partial charge in [0.15, 0.2) is 0 Å². The molecule has 1 aromatic rings. The molecule has 2 rings (SSSR count). The van der Waals surface area contributed by atoms with Crippen molar-refractivity contribution < 1.29 is 9.53 Å². The summed E-state index contributed by atoms with van der Waals surface area (Å²) in [5.41, 5.74) is 1.18. The topological polar surface area (TPSA) is 41.6 Å². The SMILES string of the molecule is Cc1cccc(OCCN(C)C(=O)C2CCCCN2)c1.Cl. The first-order valence-corrected chi connectivity index (χ1v) is 7.34. The lowest BCUT2D eigenvalue weighted by Crippen LogP contribution is -2.48. The molecule has 0 aromatic heterocycles. The van der Waals surface area contributed by atoms with Crippen LogP contribution in [0.4, 0.5) is 0 Å². The van der Waals surface area contributed by atoms with E-state index >= 15 is 0 Å². The zero-order valence-electron chi connectivity index (χ0n) is 12.8. The normalized spacial score (nSPS) is 17.7. The molecule has 5 heteroatoms. The van der Waals surface area contributed by atoms with Crippen molar-refractivity contribution in [2.45, 2.75) is 32.2 Å². The number of hydrogen-bond donors (Lipinski definition) is 1. The van der Waals surface area contributed by atoms with Crippen molar-refractivity contribution in [3.05, 3.63) is 29.8 Å². The van der Waals surface area contributed by atoms with Crippen molar-refractivity contribution in [3.8, 4) is 5.75 Å². The molecule has 0 radical (unpaired) electrons. The van der Waals surface area contributed by atoms with Gasteiger partial charge < -0.3 is 15.0 Å². The molecule has 0 saturated carbocycles. The van der Waals surface area contributed by atoms with E-state index < -0.39 is 0 Å². The Bertz CT molecular complexity index is 448. The fourth-order valence-corrected chi connectivity index (χ4v) is 2.44. The van der Waals surface area contributed by atoms with Crippen LogP contribution >= 0.6 is 12.4 Å². The highest BCUT2D eigenvalue weighted by molar-refractivity contribution is 5.85. The van der Waals surface area contributed by atoms with Crippen LogP contribution in [0, 0.1) is 6.92 Å². The number of halogens is 1. The molecular weight excluding hydrogens is 288 g/mol. The maximum absolute atomic E-state index is 12.2. The van der Waals surface area contributed by atoms with E-state index in [1.807, 2.05) is 38.2 Å². The summed E-state index contributed by atoms with van der Waals surface area (Å²) in [5.74, 6) is 1.04. The average molecular weight is 313 g/mol. The summed E-state index contributed by atoms with van der Waals surface area (Å²) in [5, 5.41) is 3.28. The molecule has 1 aliphatic heterocycles. The Kier molecular flexibility index (Phi) is 7.54. The molecule has 0 bridgehead atoms. The Labute approximate surface area is 133 Å². The molecule has 1 amide bonds. The van der Waals surface area contributed by atoms with Crippen molar-refractivity contribution in [3.63, 3.8) is 0 Å². The van der Waals surface area contributed by atoms with Gasteiger partial charge in [0.2, 0.25) is 5.91 Å². The van der Waals surface area contributed by atoms with Gasteiger partial charge in [0.25, 0.3) is 0 Å². The van der Waals surface area contributed by atoms with E-state index in [9.17, 15) is 4.79 Å². The number of hydrogen-bond acceptors (Lipinski definition) is 3. The molecule has 1 unspecified atom stereocenters. The lowest BCUT2D eigenvalue weighted by atomic mass is 10.0. The van der Waals surface area contributed by atoms with Gasteiger partial charge in [-0.15, -0.1) is 12.4 Å². The number of piperidine rings is 1. The van der Waals surface area contributed by atoms with Gasteiger partial charge in [-0.05, 0) is 44.0 Å². The molecule has 1 aliphatic rings. The Morgan fingerprint density at radius 1 is 1.43 bits per heavy atom. The van der Waals surface area contributed by atoms with E-state index in [1.54, 1.807) is 4.90 Å². The van der Waals surface area contributed by atoms with E-state index in [1.165, 1.54) is 12.0 Å². The number of carbonyl (C=O) groups is 1. The van der Waals surface area contributed by atoms with Gasteiger partial charge >= 0.3 is 0 Å². The summed E-state index contributed by atoms with van der Waals surface area (Å²) in [7, 11) is 1.85. The molecule has 1 atom stereocenters. The molecule has 1 heterocycles. The Hall–Kier alpha value is -1.26. The number of nitrogens with one attached hydrogen (secondary N) is 1. The van der Waals surface area contributed by atoms with Crippen LogP contribution in [0.5, 0.6) is 5.75 Å². The first-order valence-electron chi connectivity index (χ1n) is 7.34. The molecule has 0 aliphatic carbocycles. The second-order valence-corrected chi connectivity index (χ2v) is 5.43. The third-order valence-corrected chi connectivity index (χ3v) is 3.67. The predicted molar refractivity (Wildman–Crippen MR) is 87.2 cm³/mol. The minimum Gasteiger partial charge on any atom is -0.492 e. The van der Waals surface area contributed by atoms with Gasteiger partial charge in [-0.1, -0.05) is 18.6 Å². The molecule has 4 nitrogen and oxygen atoms in total. The molecule has 1 N–H and O–H groups in total. The molecule has 21 heavy (non-hydrogen) atoms. The fraction of sp³-hybridized carbons (Fsp3) is 0.562. The number of likely N-dealkylation sites (N-methyl/N-ethyl adjacent to an activating group) is 1. The third-order valence-electron chi connectivity index (χ3n) is 3.67. The average Bonchev–Trinajstić information content (AvgIpc) is 2.47. The highest BCUT2D eigenvalue weighted by Gasteiger charge is 2.23. The van der Waals surface area contributed by atoms with Gasteiger partial charge in [0.1, 0.15) is 12.4 Å². The largest absolute Gasteiger partial charge is 0.492 e. The Morgan fingerprint density at radius 3 is 2.90 bits per heavy atom. The smallest absolute Gasteiger partial charge is 0.239 e. The number of aryl methyl sites for hydroxylation is 1. The number of amides is 1. The summed E-state index contributed by atoms with van der Waals surface area (Å²) < 4.78 is 5.68. The predicted octanol–water partition coefficient (Wildman–Crippen LogP) is 2.40. The van der Waals surface area contributed by atoms with Crippen LogP contribution < -0.4 is 10.1 Å². The second-order valence-electron chi connectivity index (χ2n) is 5.43. The van der Waals surface area contributed by atoms with Crippen molar-refractivity contribution in [1.82, 2.24) is 10.2 Å².